The summed E-state index contributed by atoms with van der Waals surface area (Å²) in [6.07, 6.45) is -1.28. The van der Waals surface area contributed by atoms with Crippen LogP contribution in [0.15, 0.2) is 18.2 Å². The number of amides is 1. The second kappa shape index (κ2) is 4.84. The van der Waals surface area contributed by atoms with Gasteiger partial charge >= 0.3 is 6.29 Å². The number of nitrogens with one attached hydrogen (secondary N) is 2. The first-order chi connectivity index (χ1) is 9.94. The zero-order valence-corrected chi connectivity index (χ0v) is 11.5. The van der Waals surface area contributed by atoms with Crippen LogP contribution >= 0.6 is 0 Å². The van der Waals surface area contributed by atoms with Gasteiger partial charge in [0.1, 0.15) is 0 Å². The van der Waals surface area contributed by atoms with E-state index >= 15 is 0 Å². The van der Waals surface area contributed by atoms with Gasteiger partial charge < -0.3 is 20.1 Å². The second-order valence-electron chi connectivity index (χ2n) is 5.25. The molecule has 1 fully saturated rings. The highest BCUT2D eigenvalue weighted by atomic mass is 19.3. The average Bonchev–Trinajstić information content (AvgIpc) is 3.01. The van der Waals surface area contributed by atoms with Crippen molar-refractivity contribution in [3.8, 4) is 11.5 Å². The fourth-order valence-corrected chi connectivity index (χ4v) is 2.74. The molecule has 1 unspecified atom stereocenters. The van der Waals surface area contributed by atoms with Gasteiger partial charge in [0.05, 0.1) is 5.54 Å². The van der Waals surface area contributed by atoms with Gasteiger partial charge in [-0.05, 0) is 37.9 Å². The summed E-state index contributed by atoms with van der Waals surface area (Å²) in [6.45, 7) is 2.74. The van der Waals surface area contributed by atoms with E-state index in [-0.39, 0.29) is 17.4 Å². The van der Waals surface area contributed by atoms with Crippen molar-refractivity contribution in [3.63, 3.8) is 0 Å². The molecule has 1 aromatic carbocycles. The Morgan fingerprint density at radius 3 is 2.81 bits per heavy atom. The maximum absolute atomic E-state index is 13.0. The summed E-state index contributed by atoms with van der Waals surface area (Å²) in [6, 6.07) is 4.21. The Morgan fingerprint density at radius 1 is 1.38 bits per heavy atom. The molecule has 0 saturated carbocycles. The number of carbonyl (C=O) groups excluding carboxylic acids is 1. The summed E-state index contributed by atoms with van der Waals surface area (Å²) in [5.74, 6) is -0.280. The molecular formula is C14H16F2N2O3. The fourth-order valence-electron chi connectivity index (χ4n) is 2.74. The summed E-state index contributed by atoms with van der Waals surface area (Å²) in [7, 11) is 0. The number of rotatable bonds is 3. The quantitative estimate of drug-likeness (QED) is 0.900. The summed E-state index contributed by atoms with van der Waals surface area (Å²) >= 11 is 0. The monoisotopic (exact) mass is 298 g/mol. The third-order valence-electron chi connectivity index (χ3n) is 3.94. The Kier molecular flexibility index (Phi) is 3.24. The zero-order chi connectivity index (χ0) is 15.1. The van der Waals surface area contributed by atoms with E-state index in [0.29, 0.717) is 12.1 Å². The molecule has 1 aromatic rings. The molecule has 7 heteroatoms. The number of halogens is 2. The SMILES string of the molecule is CCC1(C(=O)Nc2ccc3c(c2)OC(F)(F)O3)CCCN1. The van der Waals surface area contributed by atoms with Crippen LogP contribution in [0.4, 0.5) is 14.5 Å². The van der Waals surface area contributed by atoms with Crippen molar-refractivity contribution in [2.45, 2.75) is 38.0 Å². The van der Waals surface area contributed by atoms with Gasteiger partial charge in [-0.2, -0.15) is 0 Å². The maximum Gasteiger partial charge on any atom is 0.586 e. The topological polar surface area (TPSA) is 59.6 Å². The highest BCUT2D eigenvalue weighted by Crippen LogP contribution is 2.42. The molecule has 21 heavy (non-hydrogen) atoms. The zero-order valence-electron chi connectivity index (χ0n) is 11.5. The number of benzene rings is 1. The minimum atomic E-state index is -3.65. The van der Waals surface area contributed by atoms with Gasteiger partial charge in [-0.15, -0.1) is 8.78 Å². The molecule has 0 spiro atoms. The van der Waals surface area contributed by atoms with E-state index in [1.807, 2.05) is 6.92 Å². The van der Waals surface area contributed by atoms with Crippen molar-refractivity contribution in [2.24, 2.45) is 0 Å². The van der Waals surface area contributed by atoms with E-state index in [1.165, 1.54) is 18.2 Å². The van der Waals surface area contributed by atoms with Crippen LogP contribution in [0.25, 0.3) is 0 Å². The highest BCUT2D eigenvalue weighted by Gasteiger charge is 2.44. The van der Waals surface area contributed by atoms with Crippen molar-refractivity contribution in [1.29, 1.82) is 0 Å². The lowest BCUT2D eigenvalue weighted by molar-refractivity contribution is -0.286. The van der Waals surface area contributed by atoms with Gasteiger partial charge in [-0.3, -0.25) is 4.79 Å². The number of anilines is 1. The van der Waals surface area contributed by atoms with Gasteiger partial charge in [0.25, 0.3) is 0 Å². The van der Waals surface area contributed by atoms with Crippen molar-refractivity contribution >= 4 is 11.6 Å². The molecule has 1 amide bonds. The Morgan fingerprint density at radius 2 is 2.14 bits per heavy atom. The van der Waals surface area contributed by atoms with E-state index in [1.54, 1.807) is 0 Å². The van der Waals surface area contributed by atoms with Crippen molar-refractivity contribution < 1.29 is 23.0 Å². The molecule has 0 aliphatic carbocycles. The van der Waals surface area contributed by atoms with Gasteiger partial charge in [0.15, 0.2) is 11.5 Å². The number of alkyl halides is 2. The Labute approximate surface area is 120 Å². The first kappa shape index (κ1) is 14.1. The summed E-state index contributed by atoms with van der Waals surface area (Å²) < 4.78 is 34.6. The Balaban J connectivity index is 1.76. The normalized spacial score (nSPS) is 25.9. The Bertz CT molecular complexity index is 571. The third kappa shape index (κ3) is 2.53. The van der Waals surface area contributed by atoms with Crippen molar-refractivity contribution in [1.82, 2.24) is 5.32 Å². The lowest BCUT2D eigenvalue weighted by Gasteiger charge is -2.26. The second-order valence-corrected chi connectivity index (χ2v) is 5.25. The lowest BCUT2D eigenvalue weighted by atomic mass is 9.93. The molecule has 0 radical (unpaired) electrons. The van der Waals surface area contributed by atoms with Crippen molar-refractivity contribution in [3.05, 3.63) is 18.2 Å². The molecule has 2 aliphatic heterocycles. The maximum atomic E-state index is 13.0. The van der Waals surface area contributed by atoms with Gasteiger partial charge in [-0.1, -0.05) is 6.92 Å². The Hall–Kier alpha value is -1.89. The molecule has 1 saturated heterocycles. The molecule has 0 bridgehead atoms. The smallest absolute Gasteiger partial charge is 0.395 e. The van der Waals surface area contributed by atoms with Crippen LogP contribution in [-0.4, -0.2) is 24.3 Å². The molecule has 3 rings (SSSR count). The molecule has 2 aliphatic rings. The van der Waals surface area contributed by atoms with Crippen LogP contribution in [0.2, 0.25) is 0 Å². The van der Waals surface area contributed by atoms with E-state index in [9.17, 15) is 13.6 Å². The molecule has 0 aromatic heterocycles. The fraction of sp³-hybridized carbons (Fsp3) is 0.500. The standard InChI is InChI=1S/C14H16F2N2O3/c1-2-13(6-3-7-17-13)12(19)18-9-4-5-10-11(8-9)21-14(15,16)20-10/h4-5,8,17H,2-3,6-7H2,1H3,(H,18,19). The molecule has 2 N–H and O–H groups in total. The van der Waals surface area contributed by atoms with Crippen LogP contribution < -0.4 is 20.1 Å². The molecule has 5 nitrogen and oxygen atoms in total. The minimum Gasteiger partial charge on any atom is -0.395 e. The first-order valence-corrected chi connectivity index (χ1v) is 6.90. The van der Waals surface area contributed by atoms with Gasteiger partial charge in [0, 0.05) is 11.8 Å². The highest BCUT2D eigenvalue weighted by molar-refractivity contribution is 5.98. The third-order valence-corrected chi connectivity index (χ3v) is 3.94. The van der Waals surface area contributed by atoms with E-state index in [2.05, 4.69) is 20.1 Å². The molecule has 2 heterocycles. The average molecular weight is 298 g/mol. The van der Waals surface area contributed by atoms with Crippen LogP contribution in [0.1, 0.15) is 26.2 Å². The molecular weight excluding hydrogens is 282 g/mol. The van der Waals surface area contributed by atoms with Crippen LogP contribution in [0, 0.1) is 0 Å². The predicted octanol–water partition coefficient (Wildman–Crippen LogP) is 2.48. The van der Waals surface area contributed by atoms with Crippen LogP contribution in [0.5, 0.6) is 11.5 Å². The summed E-state index contributed by atoms with van der Waals surface area (Å²) in [5.41, 5.74) is -0.179. The number of fused-ring (bicyclic) bond motifs is 1. The number of ether oxygens (including phenoxy) is 2. The summed E-state index contributed by atoms with van der Waals surface area (Å²) in [4.78, 5) is 12.4. The summed E-state index contributed by atoms with van der Waals surface area (Å²) in [5, 5.41) is 5.97. The first-order valence-electron chi connectivity index (χ1n) is 6.90. The van der Waals surface area contributed by atoms with Gasteiger partial charge in [-0.25, -0.2) is 0 Å². The predicted molar refractivity (Wildman–Crippen MR) is 71.5 cm³/mol. The minimum absolute atomic E-state index is 0.0396. The number of hydrogen-bond acceptors (Lipinski definition) is 4. The van der Waals surface area contributed by atoms with E-state index in [4.69, 9.17) is 0 Å². The van der Waals surface area contributed by atoms with Crippen molar-refractivity contribution in [2.75, 3.05) is 11.9 Å². The van der Waals surface area contributed by atoms with Gasteiger partial charge in [0.2, 0.25) is 5.91 Å². The largest absolute Gasteiger partial charge is 0.586 e. The number of carbonyl (C=O) groups is 1. The van der Waals surface area contributed by atoms with E-state index in [0.717, 1.165) is 19.4 Å². The molecule has 114 valence electrons. The number of hydrogen-bond donors (Lipinski definition) is 2. The lowest BCUT2D eigenvalue weighted by Crippen LogP contribution is -2.50. The van der Waals surface area contributed by atoms with Crippen LogP contribution in [-0.2, 0) is 4.79 Å². The molecule has 1 atom stereocenters. The van der Waals surface area contributed by atoms with Crippen LogP contribution in [0.3, 0.4) is 0 Å². The van der Waals surface area contributed by atoms with E-state index < -0.39 is 11.8 Å².